The molecule has 1 N–H and O–H groups in total. The number of aromatic nitrogens is 3. The molecule has 1 aliphatic rings. The molecule has 23 heavy (non-hydrogen) atoms. The van der Waals surface area contributed by atoms with Gasteiger partial charge in [0.15, 0.2) is 0 Å². The van der Waals surface area contributed by atoms with Gasteiger partial charge in [-0.15, -0.1) is 0 Å². The molecule has 0 bridgehead atoms. The maximum Gasteiger partial charge on any atom is 0.259 e. The van der Waals surface area contributed by atoms with Gasteiger partial charge in [-0.25, -0.2) is 9.67 Å². The first-order valence-corrected chi connectivity index (χ1v) is 7.80. The fourth-order valence-corrected chi connectivity index (χ4v) is 2.76. The molecule has 0 unspecified atom stereocenters. The van der Waals surface area contributed by atoms with E-state index in [1.54, 1.807) is 36.4 Å². The Morgan fingerprint density at radius 2 is 2.17 bits per heavy atom. The Kier molecular flexibility index (Phi) is 4.87. The largest absolute Gasteiger partial charge is 0.362 e. The molecule has 2 aromatic rings. The van der Waals surface area contributed by atoms with Gasteiger partial charge in [-0.2, -0.15) is 5.10 Å². The van der Waals surface area contributed by atoms with Crippen LogP contribution in [0.15, 0.2) is 30.7 Å². The molecule has 0 spiro atoms. The highest BCUT2D eigenvalue weighted by molar-refractivity contribution is 6.07. The lowest BCUT2D eigenvalue weighted by atomic mass is 10.1. The minimum absolute atomic E-state index is 0.171. The van der Waals surface area contributed by atoms with Crippen LogP contribution in [0.4, 0.5) is 11.5 Å². The molecule has 7 heteroatoms. The molecule has 0 aromatic carbocycles. The fourth-order valence-electron chi connectivity index (χ4n) is 2.76. The van der Waals surface area contributed by atoms with E-state index in [0.717, 1.165) is 31.7 Å². The smallest absolute Gasteiger partial charge is 0.259 e. The van der Waals surface area contributed by atoms with Gasteiger partial charge in [0.05, 0.1) is 23.6 Å². The van der Waals surface area contributed by atoms with Crippen molar-refractivity contribution in [2.75, 3.05) is 30.4 Å². The second kappa shape index (κ2) is 7.23. The van der Waals surface area contributed by atoms with Gasteiger partial charge < -0.3 is 15.0 Å². The van der Waals surface area contributed by atoms with Crippen molar-refractivity contribution in [3.63, 3.8) is 0 Å². The zero-order valence-electron chi connectivity index (χ0n) is 13.2. The van der Waals surface area contributed by atoms with Crippen molar-refractivity contribution in [3.05, 3.63) is 36.3 Å². The number of piperidine rings is 1. The van der Waals surface area contributed by atoms with E-state index in [9.17, 15) is 4.79 Å². The molecule has 0 radical (unpaired) electrons. The predicted molar refractivity (Wildman–Crippen MR) is 87.5 cm³/mol. The first-order chi connectivity index (χ1) is 11.3. The zero-order chi connectivity index (χ0) is 16.1. The maximum absolute atomic E-state index is 12.6. The minimum atomic E-state index is -0.171. The lowest BCUT2D eigenvalue weighted by molar-refractivity contribution is 0.102. The van der Waals surface area contributed by atoms with E-state index in [-0.39, 0.29) is 5.91 Å². The van der Waals surface area contributed by atoms with Crippen LogP contribution in [0.2, 0.25) is 0 Å². The number of nitrogens with zero attached hydrogens (tertiary/aromatic N) is 4. The van der Waals surface area contributed by atoms with Crippen LogP contribution < -0.4 is 10.2 Å². The zero-order valence-corrected chi connectivity index (χ0v) is 13.2. The third-order valence-electron chi connectivity index (χ3n) is 3.84. The van der Waals surface area contributed by atoms with Crippen LogP contribution in [0, 0.1) is 0 Å². The Morgan fingerprint density at radius 3 is 2.96 bits per heavy atom. The molecule has 0 aliphatic carbocycles. The van der Waals surface area contributed by atoms with E-state index >= 15 is 0 Å². The molecule has 1 aliphatic heterocycles. The third-order valence-corrected chi connectivity index (χ3v) is 3.84. The van der Waals surface area contributed by atoms with E-state index < -0.39 is 0 Å². The number of carbonyl (C=O) groups is 1. The van der Waals surface area contributed by atoms with Gasteiger partial charge in [-0.05, 0) is 31.4 Å². The van der Waals surface area contributed by atoms with Crippen molar-refractivity contribution < 1.29 is 9.53 Å². The van der Waals surface area contributed by atoms with Crippen LogP contribution in [-0.2, 0) is 11.5 Å². The van der Waals surface area contributed by atoms with Gasteiger partial charge in [0.2, 0.25) is 0 Å². The van der Waals surface area contributed by atoms with Gasteiger partial charge >= 0.3 is 0 Å². The number of hydrogen-bond donors (Lipinski definition) is 1. The van der Waals surface area contributed by atoms with E-state index in [0.29, 0.717) is 18.0 Å². The summed E-state index contributed by atoms with van der Waals surface area (Å²) in [6, 6.07) is 3.60. The number of methoxy groups -OCH3 is 1. The number of rotatable bonds is 5. The summed E-state index contributed by atoms with van der Waals surface area (Å²) in [5, 5.41) is 6.99. The molecule has 1 saturated heterocycles. The quantitative estimate of drug-likeness (QED) is 0.915. The van der Waals surface area contributed by atoms with Gasteiger partial charge in [0.25, 0.3) is 5.91 Å². The van der Waals surface area contributed by atoms with E-state index in [1.165, 1.54) is 6.42 Å². The predicted octanol–water partition coefficient (Wildman–Crippen LogP) is 2.12. The van der Waals surface area contributed by atoms with Gasteiger partial charge in [0, 0.05) is 26.4 Å². The highest BCUT2D eigenvalue weighted by atomic mass is 16.5. The van der Waals surface area contributed by atoms with Crippen LogP contribution in [0.1, 0.15) is 29.6 Å². The Balaban J connectivity index is 1.76. The van der Waals surface area contributed by atoms with Crippen molar-refractivity contribution >= 4 is 17.4 Å². The molecule has 1 fully saturated rings. The highest BCUT2D eigenvalue weighted by Crippen LogP contribution is 2.22. The number of ether oxygens (including phenoxy) is 1. The molecule has 7 nitrogen and oxygen atoms in total. The standard InChI is InChI=1S/C16H21N5O2/c1-23-12-21-11-13(10-18-21)19-16(22)14-6-5-7-17-15(14)20-8-3-2-4-9-20/h5-7,10-11H,2-4,8-9,12H2,1H3,(H,19,22). The summed E-state index contributed by atoms with van der Waals surface area (Å²) in [7, 11) is 1.60. The summed E-state index contributed by atoms with van der Waals surface area (Å²) in [6.45, 7) is 2.24. The van der Waals surface area contributed by atoms with Gasteiger partial charge in [-0.1, -0.05) is 0 Å². The minimum Gasteiger partial charge on any atom is -0.362 e. The maximum atomic E-state index is 12.6. The Labute approximate surface area is 135 Å². The van der Waals surface area contributed by atoms with Crippen LogP contribution in [0.3, 0.4) is 0 Å². The summed E-state index contributed by atoms with van der Waals surface area (Å²) in [4.78, 5) is 19.2. The van der Waals surface area contributed by atoms with Gasteiger partial charge in [0.1, 0.15) is 12.5 Å². The van der Waals surface area contributed by atoms with Crippen molar-refractivity contribution in [1.29, 1.82) is 0 Å². The monoisotopic (exact) mass is 315 g/mol. The molecular formula is C16H21N5O2. The van der Waals surface area contributed by atoms with Crippen molar-refractivity contribution in [3.8, 4) is 0 Å². The topological polar surface area (TPSA) is 72.3 Å². The summed E-state index contributed by atoms with van der Waals surface area (Å²) in [5.74, 6) is 0.588. The normalized spacial score (nSPS) is 14.7. The average Bonchev–Trinajstić information content (AvgIpc) is 3.03. The number of amides is 1. The Bertz CT molecular complexity index is 664. The van der Waals surface area contributed by atoms with E-state index in [4.69, 9.17) is 4.74 Å². The first-order valence-electron chi connectivity index (χ1n) is 7.80. The SMILES string of the molecule is COCn1cc(NC(=O)c2cccnc2N2CCCCC2)cn1. The molecular weight excluding hydrogens is 294 g/mol. The number of nitrogens with one attached hydrogen (secondary N) is 1. The average molecular weight is 315 g/mol. The Hall–Kier alpha value is -2.41. The van der Waals surface area contributed by atoms with E-state index in [2.05, 4.69) is 20.3 Å². The number of carbonyl (C=O) groups excluding carboxylic acids is 1. The molecule has 0 saturated carbocycles. The third kappa shape index (κ3) is 3.68. The molecule has 122 valence electrons. The van der Waals surface area contributed by atoms with Crippen LogP contribution >= 0.6 is 0 Å². The van der Waals surface area contributed by atoms with Crippen LogP contribution in [-0.4, -0.2) is 40.9 Å². The molecule has 3 heterocycles. The van der Waals surface area contributed by atoms with Crippen molar-refractivity contribution in [2.45, 2.75) is 26.0 Å². The van der Waals surface area contributed by atoms with Crippen molar-refractivity contribution in [2.24, 2.45) is 0 Å². The van der Waals surface area contributed by atoms with Crippen LogP contribution in [0.5, 0.6) is 0 Å². The second-order valence-corrected chi connectivity index (χ2v) is 5.56. The van der Waals surface area contributed by atoms with E-state index in [1.807, 2.05) is 6.07 Å². The summed E-state index contributed by atoms with van der Waals surface area (Å²) in [5.41, 5.74) is 1.23. The lowest BCUT2D eigenvalue weighted by Gasteiger charge is -2.29. The summed E-state index contributed by atoms with van der Waals surface area (Å²) in [6.07, 6.45) is 8.59. The number of hydrogen-bond acceptors (Lipinski definition) is 5. The van der Waals surface area contributed by atoms with Crippen molar-refractivity contribution in [1.82, 2.24) is 14.8 Å². The Morgan fingerprint density at radius 1 is 1.35 bits per heavy atom. The number of pyridine rings is 1. The number of anilines is 2. The fraction of sp³-hybridized carbons (Fsp3) is 0.438. The summed E-state index contributed by atoms with van der Waals surface area (Å²) < 4.78 is 6.62. The molecule has 3 rings (SSSR count). The van der Waals surface area contributed by atoms with Gasteiger partial charge in [-0.3, -0.25) is 4.79 Å². The first kappa shape index (κ1) is 15.5. The summed E-state index contributed by atoms with van der Waals surface area (Å²) >= 11 is 0. The lowest BCUT2D eigenvalue weighted by Crippen LogP contribution is -2.32. The highest BCUT2D eigenvalue weighted by Gasteiger charge is 2.19. The molecule has 2 aromatic heterocycles. The molecule has 0 atom stereocenters. The second-order valence-electron chi connectivity index (χ2n) is 5.56. The molecule has 1 amide bonds. The van der Waals surface area contributed by atoms with Crippen LogP contribution in [0.25, 0.3) is 0 Å².